The number of aliphatic imine (C=N–C) groups is 1. The Labute approximate surface area is 253 Å². The zero-order chi connectivity index (χ0) is 30.1. The summed E-state index contributed by atoms with van der Waals surface area (Å²) in [5.74, 6) is -0.472. The lowest BCUT2D eigenvalue weighted by Gasteiger charge is -2.41. The Bertz CT molecular complexity index is 1770. The van der Waals surface area contributed by atoms with Crippen molar-refractivity contribution in [2.24, 2.45) is 4.99 Å². The summed E-state index contributed by atoms with van der Waals surface area (Å²) >= 11 is 1.04. The third-order valence-electron chi connectivity index (χ3n) is 8.68. The molecule has 14 heteroatoms. The maximum Gasteiger partial charge on any atom is 0.400 e. The predicted molar refractivity (Wildman–Crippen MR) is 157 cm³/mol. The molecule has 3 fully saturated rings. The van der Waals surface area contributed by atoms with Crippen LogP contribution in [0, 0.1) is 0 Å². The van der Waals surface area contributed by atoms with Crippen LogP contribution >= 0.6 is 11.3 Å². The van der Waals surface area contributed by atoms with Gasteiger partial charge in [-0.2, -0.15) is 13.2 Å². The number of thiazole rings is 1. The van der Waals surface area contributed by atoms with Crippen LogP contribution in [-0.4, -0.2) is 64.4 Å². The van der Waals surface area contributed by atoms with Crippen molar-refractivity contribution in [1.29, 1.82) is 0 Å². The number of hydrogen-bond acceptors (Lipinski definition) is 10. The molecule has 2 aromatic carbocycles. The first-order valence-corrected chi connectivity index (χ1v) is 15.2. The highest BCUT2D eigenvalue weighted by atomic mass is 32.1. The number of nitrogens with one attached hydrogen (secondary N) is 2. The van der Waals surface area contributed by atoms with E-state index in [1.807, 2.05) is 48.5 Å². The maximum absolute atomic E-state index is 14.3. The average Bonchev–Trinajstić information content (AvgIpc) is 3.49. The number of carbonyl (C=O) groups excluding carboxylic acids is 1. The lowest BCUT2D eigenvalue weighted by Crippen LogP contribution is -2.47. The Morgan fingerprint density at radius 2 is 1.86 bits per heavy atom. The van der Waals surface area contributed by atoms with Gasteiger partial charge in [-0.05, 0) is 25.3 Å². The molecule has 2 saturated carbocycles. The van der Waals surface area contributed by atoms with Crippen LogP contribution in [0.25, 0.3) is 11.6 Å². The number of hydrogen-bond donors (Lipinski definition) is 2. The van der Waals surface area contributed by atoms with E-state index in [0.29, 0.717) is 36.0 Å². The molecule has 44 heavy (non-hydrogen) atoms. The molecule has 4 heterocycles. The van der Waals surface area contributed by atoms with Crippen molar-refractivity contribution >= 4 is 39.7 Å². The van der Waals surface area contributed by atoms with Gasteiger partial charge in [0.2, 0.25) is 6.17 Å². The molecule has 2 N–H and O–H groups in total. The van der Waals surface area contributed by atoms with Gasteiger partial charge in [0, 0.05) is 17.7 Å². The minimum Gasteiger partial charge on any atom is -0.402 e. The molecular formula is C30H26F3N7O3S. The summed E-state index contributed by atoms with van der Waals surface area (Å²) in [6.45, 7) is 0.990. The minimum absolute atomic E-state index is 0.00434. The molecule has 0 radical (unpaired) electrons. The van der Waals surface area contributed by atoms with Gasteiger partial charge in [0.1, 0.15) is 15.4 Å². The van der Waals surface area contributed by atoms with Crippen molar-refractivity contribution in [3.8, 4) is 11.6 Å². The van der Waals surface area contributed by atoms with E-state index in [0.717, 1.165) is 28.9 Å². The molecule has 0 unspecified atom stereocenters. The summed E-state index contributed by atoms with van der Waals surface area (Å²) in [4.78, 5) is 24.6. The molecule has 0 spiro atoms. The number of halogens is 3. The lowest BCUT2D eigenvalue weighted by molar-refractivity contribution is -0.212. The molecular weight excluding hydrogens is 595 g/mol. The van der Waals surface area contributed by atoms with Gasteiger partial charge in [-0.1, -0.05) is 71.4 Å². The fourth-order valence-corrected chi connectivity index (χ4v) is 7.47. The van der Waals surface area contributed by atoms with E-state index in [2.05, 4.69) is 30.7 Å². The number of benzene rings is 2. The van der Waals surface area contributed by atoms with Gasteiger partial charge in [0.15, 0.2) is 5.69 Å². The molecule has 2 aliphatic carbocycles. The number of rotatable bonds is 6. The number of ether oxygens (including phenoxy) is 1. The highest BCUT2D eigenvalue weighted by molar-refractivity contribution is 7.16. The van der Waals surface area contributed by atoms with Crippen LogP contribution in [0.15, 0.2) is 64.0 Å². The van der Waals surface area contributed by atoms with Crippen LogP contribution in [0.5, 0.6) is 0 Å². The topological polar surface area (TPSA) is 118 Å². The van der Waals surface area contributed by atoms with Crippen molar-refractivity contribution in [1.82, 2.24) is 15.2 Å². The number of fused-ring (bicyclic) bond motifs is 2. The van der Waals surface area contributed by atoms with Gasteiger partial charge in [0.25, 0.3) is 11.8 Å². The Balaban J connectivity index is 1.15. The number of alkyl halides is 3. The summed E-state index contributed by atoms with van der Waals surface area (Å²) in [5, 5.41) is 14.6. The highest BCUT2D eigenvalue weighted by Gasteiger charge is 2.62. The SMILES string of the molecule is O=C1Nc2ccccc2C(c2ccccc2)=N[C@@H]1Nc1nnc(-c2nc(C3(C(F)(F)F)CCC3)sc2N2CCO[C@H]3C[C@H]32)o1. The van der Waals surface area contributed by atoms with Gasteiger partial charge in [-0.3, -0.25) is 4.79 Å². The summed E-state index contributed by atoms with van der Waals surface area (Å²) < 4.78 is 54.6. The van der Waals surface area contributed by atoms with Crippen LogP contribution in [0.1, 0.15) is 41.8 Å². The van der Waals surface area contributed by atoms with Crippen molar-refractivity contribution < 1.29 is 27.1 Å². The second kappa shape index (κ2) is 10.1. The normalized spacial score (nSPS) is 23.9. The lowest BCUT2D eigenvalue weighted by atomic mass is 9.68. The molecule has 1 amide bonds. The Hall–Kier alpha value is -4.30. The molecule has 3 atom stereocenters. The Kier molecular flexibility index (Phi) is 6.27. The largest absolute Gasteiger partial charge is 0.402 e. The summed E-state index contributed by atoms with van der Waals surface area (Å²) in [5.41, 5.74) is 0.992. The van der Waals surface area contributed by atoms with E-state index < -0.39 is 23.7 Å². The van der Waals surface area contributed by atoms with Crippen LogP contribution in [0.4, 0.5) is 29.9 Å². The predicted octanol–water partition coefficient (Wildman–Crippen LogP) is 5.38. The average molecular weight is 622 g/mol. The van der Waals surface area contributed by atoms with Gasteiger partial charge >= 0.3 is 12.2 Å². The maximum atomic E-state index is 14.3. The van der Waals surface area contributed by atoms with Crippen molar-refractivity contribution in [2.45, 2.75) is 55.6 Å². The van der Waals surface area contributed by atoms with E-state index in [1.165, 1.54) is 0 Å². The van der Waals surface area contributed by atoms with Gasteiger partial charge in [-0.25, -0.2) is 9.98 Å². The van der Waals surface area contributed by atoms with E-state index in [1.54, 1.807) is 6.07 Å². The number of para-hydroxylation sites is 1. The molecule has 10 nitrogen and oxygen atoms in total. The summed E-state index contributed by atoms with van der Waals surface area (Å²) in [7, 11) is 0. The fraction of sp³-hybridized carbons (Fsp3) is 0.367. The summed E-state index contributed by atoms with van der Waals surface area (Å²) in [6, 6.07) is 16.8. The number of benzodiazepines with no additional fused rings is 1. The van der Waals surface area contributed by atoms with Crippen LogP contribution in [0.3, 0.4) is 0 Å². The van der Waals surface area contributed by atoms with Gasteiger partial charge in [-0.15, -0.1) is 5.10 Å². The number of aromatic nitrogens is 3. The van der Waals surface area contributed by atoms with Gasteiger partial charge < -0.3 is 24.7 Å². The number of nitrogens with zero attached hydrogens (tertiary/aromatic N) is 5. The molecule has 2 aliphatic heterocycles. The first-order chi connectivity index (χ1) is 21.3. The number of amides is 1. The second-order valence-electron chi connectivity index (χ2n) is 11.3. The zero-order valence-electron chi connectivity index (χ0n) is 23.2. The van der Waals surface area contributed by atoms with Crippen LogP contribution in [-0.2, 0) is 14.9 Å². The van der Waals surface area contributed by atoms with E-state index >= 15 is 0 Å². The third kappa shape index (κ3) is 4.46. The van der Waals surface area contributed by atoms with Crippen molar-refractivity contribution in [3.05, 3.63) is 70.7 Å². The first-order valence-electron chi connectivity index (χ1n) is 14.4. The van der Waals surface area contributed by atoms with Crippen LogP contribution in [0.2, 0.25) is 0 Å². The molecule has 226 valence electrons. The highest BCUT2D eigenvalue weighted by Crippen LogP contribution is 2.58. The Morgan fingerprint density at radius 1 is 1.07 bits per heavy atom. The first kappa shape index (κ1) is 27.3. The fourth-order valence-electron chi connectivity index (χ4n) is 6.06. The van der Waals surface area contributed by atoms with E-state index in [4.69, 9.17) is 14.1 Å². The van der Waals surface area contributed by atoms with Crippen molar-refractivity contribution in [3.63, 3.8) is 0 Å². The smallest absolute Gasteiger partial charge is 0.400 e. The molecule has 1 saturated heterocycles. The number of morpholine rings is 1. The number of carbonyl (C=O) groups is 1. The number of anilines is 3. The zero-order valence-corrected chi connectivity index (χ0v) is 24.0. The molecule has 4 aliphatic rings. The van der Waals surface area contributed by atoms with Crippen molar-refractivity contribution in [2.75, 3.05) is 28.7 Å². The van der Waals surface area contributed by atoms with Crippen LogP contribution < -0.4 is 15.5 Å². The standard InChI is InChI=1S/C30H26F3N7O3S/c31-30(32,33)29(11-6-12-29)27-36-22(26(44-27)40-13-14-42-20-15-19(20)40)25-38-39-28(43-25)37-23-24(41)34-18-10-5-4-9-17(18)21(35-23)16-7-2-1-3-8-16/h1-5,7-10,19-20,23H,6,11-15H2,(H,34,41)(H,37,39)/t19-,20+,23-/m1/s1. The minimum atomic E-state index is -4.43. The summed E-state index contributed by atoms with van der Waals surface area (Å²) in [6.07, 6.45) is -4.23. The van der Waals surface area contributed by atoms with E-state index in [-0.39, 0.29) is 47.6 Å². The van der Waals surface area contributed by atoms with E-state index in [9.17, 15) is 18.0 Å². The molecule has 2 aromatic heterocycles. The van der Waals surface area contributed by atoms with Gasteiger partial charge in [0.05, 0.1) is 30.2 Å². The Morgan fingerprint density at radius 3 is 2.64 bits per heavy atom. The third-order valence-corrected chi connectivity index (χ3v) is 9.97. The monoisotopic (exact) mass is 621 g/mol. The quantitative estimate of drug-likeness (QED) is 0.295. The second-order valence-corrected chi connectivity index (χ2v) is 12.3. The molecule has 4 aromatic rings. The molecule has 8 rings (SSSR count). The molecule has 0 bridgehead atoms.